The fraction of sp³-hybridized carbons (Fsp3) is 0.484. The van der Waals surface area contributed by atoms with Gasteiger partial charge in [-0.05, 0) is 42.5 Å². The van der Waals surface area contributed by atoms with Crippen LogP contribution in [0.5, 0.6) is 0 Å². The number of carbonyl (C=O) groups is 4. The number of ketones is 1. The van der Waals surface area contributed by atoms with Gasteiger partial charge < -0.3 is 29.9 Å². The molecule has 3 amide bonds. The lowest BCUT2D eigenvalue weighted by molar-refractivity contribution is -0.140. The zero-order chi connectivity index (χ0) is 31.2. The summed E-state index contributed by atoms with van der Waals surface area (Å²) in [5.41, 5.74) is 0.793. The maximum absolute atomic E-state index is 13.8. The van der Waals surface area contributed by atoms with E-state index in [0.29, 0.717) is 10.9 Å². The number of fused-ring (bicyclic) bond motifs is 1. The fourth-order valence-corrected chi connectivity index (χ4v) is 4.79. The topological polar surface area (TPSA) is 132 Å². The molecule has 10 nitrogen and oxygen atoms in total. The number of aliphatic hydroxyl groups is 1. The largest absolute Gasteiger partial charge is 0.445 e. The molecule has 1 aliphatic heterocycles. The van der Waals surface area contributed by atoms with Crippen LogP contribution in [0.2, 0.25) is 0 Å². The Kier molecular flexibility index (Phi) is 10.7. The number of carbonyl (C=O) groups excluding carboxylic acids is 4. The Balaban J connectivity index is 1.71. The number of benzene rings is 1. The molecule has 3 rings (SSSR count). The second kappa shape index (κ2) is 13.8. The zero-order valence-electron chi connectivity index (χ0n) is 25.1. The van der Waals surface area contributed by atoms with Crippen LogP contribution in [0.1, 0.15) is 57.8 Å². The average Bonchev–Trinajstić information content (AvgIpc) is 3.52. The molecule has 0 spiro atoms. The number of ether oxygens (including phenoxy) is 1. The highest BCUT2D eigenvalue weighted by Crippen LogP contribution is 2.29. The monoisotopic (exact) mass is 584 g/mol. The van der Waals surface area contributed by atoms with Crippen molar-refractivity contribution in [1.82, 2.24) is 20.1 Å². The minimum atomic E-state index is -1.05. The number of allylic oxidation sites excluding steroid dienone is 3. The van der Waals surface area contributed by atoms with Crippen molar-refractivity contribution in [3.05, 3.63) is 59.6 Å². The predicted octanol–water partition coefficient (Wildman–Crippen LogP) is 3.96. The number of β-amino-alcohol motifs (C(OH)–C–C–N with tert-alkyl or cyclic N) is 1. The normalized spacial score (nSPS) is 18.4. The summed E-state index contributed by atoms with van der Waals surface area (Å²) in [5.74, 6) is -1.95. The first-order valence-electron chi connectivity index (χ1n) is 14.0. The number of rotatable bonds is 10. The molecular formula is C31H41FN4O6. The number of hydrogen-bond acceptors (Lipinski definition) is 6. The lowest BCUT2D eigenvalue weighted by Gasteiger charge is -2.35. The van der Waals surface area contributed by atoms with E-state index in [1.165, 1.54) is 36.3 Å². The minimum Gasteiger partial charge on any atom is -0.445 e. The number of likely N-dealkylation sites (tertiary alicyclic amines) is 1. The van der Waals surface area contributed by atoms with E-state index in [9.17, 15) is 28.7 Å². The number of nitrogens with zero attached hydrogens (tertiary/aromatic N) is 2. The Bertz CT molecular complexity index is 1380. The number of Topliss-reactive ketones (excluding diaryl/α,β-unsaturated/α-hetero) is 1. The van der Waals surface area contributed by atoms with E-state index in [4.69, 9.17) is 4.74 Å². The summed E-state index contributed by atoms with van der Waals surface area (Å²) in [6.07, 6.45) is 6.45. The van der Waals surface area contributed by atoms with Crippen molar-refractivity contribution in [2.75, 3.05) is 26.7 Å². The zero-order valence-corrected chi connectivity index (χ0v) is 25.1. The molecule has 0 aliphatic carbocycles. The number of nitrogens with one attached hydrogen (secondary N) is 2. The highest BCUT2D eigenvalue weighted by atomic mass is 19.1. The summed E-state index contributed by atoms with van der Waals surface area (Å²) < 4.78 is 18.9. The van der Waals surface area contributed by atoms with Crippen LogP contribution in [0.3, 0.4) is 0 Å². The first-order valence-corrected chi connectivity index (χ1v) is 14.0. The quantitative estimate of drug-likeness (QED) is 0.286. The molecule has 1 aromatic carbocycles. The first kappa shape index (κ1) is 32.5. The fourth-order valence-electron chi connectivity index (χ4n) is 4.79. The molecule has 1 fully saturated rings. The van der Waals surface area contributed by atoms with Gasteiger partial charge in [-0.2, -0.15) is 0 Å². The summed E-state index contributed by atoms with van der Waals surface area (Å²) >= 11 is 0. The number of likely N-dealkylation sites (N-methyl/N-ethyl adjacent to an activating group) is 1. The van der Waals surface area contributed by atoms with E-state index < -0.39 is 53.1 Å². The molecule has 2 aromatic rings. The highest BCUT2D eigenvalue weighted by molar-refractivity contribution is 6.11. The van der Waals surface area contributed by atoms with Gasteiger partial charge in [0.25, 0.3) is 0 Å². The number of hydrogen-bond donors (Lipinski definition) is 3. The molecule has 0 saturated carbocycles. The molecular weight excluding hydrogens is 543 g/mol. The van der Waals surface area contributed by atoms with Gasteiger partial charge in [-0.15, -0.1) is 0 Å². The van der Waals surface area contributed by atoms with Crippen LogP contribution in [-0.2, 0) is 14.3 Å². The average molecular weight is 585 g/mol. The van der Waals surface area contributed by atoms with Gasteiger partial charge in [0.1, 0.15) is 25.0 Å². The number of aliphatic hydroxyl groups excluding tert-OH is 1. The predicted molar refractivity (Wildman–Crippen MR) is 157 cm³/mol. The van der Waals surface area contributed by atoms with E-state index in [0.717, 1.165) is 16.9 Å². The van der Waals surface area contributed by atoms with Crippen LogP contribution in [-0.4, -0.2) is 88.5 Å². The van der Waals surface area contributed by atoms with Crippen molar-refractivity contribution < 1.29 is 33.4 Å². The maximum Gasteiger partial charge on any atom is 0.410 e. The summed E-state index contributed by atoms with van der Waals surface area (Å²) in [4.78, 5) is 58.1. The molecule has 228 valence electrons. The Morgan fingerprint density at radius 3 is 2.67 bits per heavy atom. The second-order valence-corrected chi connectivity index (χ2v) is 11.8. The van der Waals surface area contributed by atoms with E-state index in [2.05, 4.69) is 10.3 Å². The number of H-pyrrole nitrogens is 1. The third-order valence-electron chi connectivity index (χ3n) is 7.06. The van der Waals surface area contributed by atoms with Crippen LogP contribution in [0.25, 0.3) is 10.9 Å². The molecule has 2 heterocycles. The van der Waals surface area contributed by atoms with Gasteiger partial charge in [-0.25, -0.2) is 9.18 Å². The van der Waals surface area contributed by atoms with Crippen LogP contribution in [0.4, 0.5) is 9.18 Å². The molecule has 0 radical (unpaired) electrons. The highest BCUT2D eigenvalue weighted by Gasteiger charge is 2.45. The lowest BCUT2D eigenvalue weighted by atomic mass is 9.85. The lowest BCUT2D eigenvalue weighted by Crippen LogP contribution is -2.58. The number of halogens is 1. The van der Waals surface area contributed by atoms with Crippen LogP contribution in [0.15, 0.2) is 48.2 Å². The Morgan fingerprint density at radius 1 is 1.29 bits per heavy atom. The molecule has 1 saturated heterocycles. The second-order valence-electron chi connectivity index (χ2n) is 11.8. The van der Waals surface area contributed by atoms with Gasteiger partial charge >= 0.3 is 6.09 Å². The number of aromatic nitrogens is 1. The third-order valence-corrected chi connectivity index (χ3v) is 7.06. The smallest absolute Gasteiger partial charge is 0.410 e. The molecule has 11 heteroatoms. The SMILES string of the molecule is CC/C=C\C=C(/C)COC(=O)N(C)CC(=O)NC(C(=O)N1CC(O)CC1C(=O)c1c[nH]c2cc(F)ccc12)C(C)(C)C. The minimum absolute atomic E-state index is 0.0277. The Hall–Kier alpha value is -3.99. The summed E-state index contributed by atoms with van der Waals surface area (Å²) in [5, 5.41) is 13.7. The van der Waals surface area contributed by atoms with Gasteiger partial charge in [0.05, 0.1) is 12.1 Å². The van der Waals surface area contributed by atoms with Crippen molar-refractivity contribution >= 4 is 34.6 Å². The summed E-state index contributed by atoms with van der Waals surface area (Å²) in [6, 6.07) is 1.99. The van der Waals surface area contributed by atoms with Crippen molar-refractivity contribution in [3.63, 3.8) is 0 Å². The summed E-state index contributed by atoms with van der Waals surface area (Å²) in [7, 11) is 1.42. The van der Waals surface area contributed by atoms with Gasteiger partial charge in [0, 0.05) is 42.7 Å². The van der Waals surface area contributed by atoms with Crippen molar-refractivity contribution in [3.8, 4) is 0 Å². The first-order chi connectivity index (χ1) is 19.7. The molecule has 42 heavy (non-hydrogen) atoms. The van der Waals surface area contributed by atoms with Crippen LogP contribution < -0.4 is 5.32 Å². The van der Waals surface area contributed by atoms with Crippen molar-refractivity contribution in [1.29, 1.82) is 0 Å². The van der Waals surface area contributed by atoms with Gasteiger partial charge in [0.2, 0.25) is 11.8 Å². The third kappa shape index (κ3) is 8.06. The molecule has 1 aliphatic rings. The molecule has 3 N–H and O–H groups in total. The molecule has 1 aromatic heterocycles. The van der Waals surface area contributed by atoms with Gasteiger partial charge in [0.15, 0.2) is 5.78 Å². The Labute approximate surface area is 245 Å². The van der Waals surface area contributed by atoms with E-state index in [1.54, 1.807) is 20.8 Å². The van der Waals surface area contributed by atoms with E-state index >= 15 is 0 Å². The van der Waals surface area contributed by atoms with Crippen LogP contribution >= 0.6 is 0 Å². The van der Waals surface area contributed by atoms with Gasteiger partial charge in [-0.3, -0.25) is 14.4 Å². The van der Waals surface area contributed by atoms with Crippen LogP contribution in [0, 0.1) is 11.2 Å². The maximum atomic E-state index is 13.8. The van der Waals surface area contributed by atoms with E-state index in [-0.39, 0.29) is 31.7 Å². The van der Waals surface area contributed by atoms with E-state index in [1.807, 2.05) is 32.1 Å². The number of aromatic amines is 1. The van der Waals surface area contributed by atoms with Crippen molar-refractivity contribution in [2.24, 2.45) is 5.41 Å². The summed E-state index contributed by atoms with van der Waals surface area (Å²) in [6.45, 7) is 8.79. The number of amides is 3. The van der Waals surface area contributed by atoms with Crippen molar-refractivity contribution in [2.45, 2.75) is 65.6 Å². The standard InChI is InChI=1S/C31H41FN4O6/c1-7-8-9-10-19(2)18-42-30(41)35(6)17-26(38)34-28(31(3,4)5)29(40)36-16-21(37)14-25(36)27(39)23-15-33-24-13-20(32)11-12-22(23)24/h8-13,15,21,25,28,33,37H,7,14,16-18H2,1-6H3,(H,34,38)/b9-8-,19-10+. The Morgan fingerprint density at radius 2 is 2.00 bits per heavy atom. The molecule has 0 bridgehead atoms. The molecule has 3 unspecified atom stereocenters. The van der Waals surface area contributed by atoms with Gasteiger partial charge in [-0.1, -0.05) is 45.9 Å². The molecule has 3 atom stereocenters.